The van der Waals surface area contributed by atoms with E-state index in [1.807, 2.05) is 30.3 Å². The number of nitrogens with zero attached hydrogens (tertiary/aromatic N) is 1. The highest BCUT2D eigenvalue weighted by Crippen LogP contribution is 2.45. The summed E-state index contributed by atoms with van der Waals surface area (Å²) in [5, 5.41) is 0. The molecule has 4 rings (SSSR count). The van der Waals surface area contributed by atoms with Crippen LogP contribution in [0.2, 0.25) is 0 Å². The number of carbonyl (C=O) groups excluding carboxylic acids is 1. The predicted octanol–water partition coefficient (Wildman–Crippen LogP) is 6.69. The molecule has 1 aromatic heterocycles. The molecule has 3 aromatic rings. The van der Waals surface area contributed by atoms with Crippen molar-refractivity contribution in [3.63, 3.8) is 0 Å². The number of alkyl halides is 3. The lowest BCUT2D eigenvalue weighted by Gasteiger charge is -2.30. The van der Waals surface area contributed by atoms with Gasteiger partial charge in [-0.2, -0.15) is 13.2 Å². The van der Waals surface area contributed by atoms with Gasteiger partial charge in [-0.1, -0.05) is 54.8 Å². The zero-order valence-electron chi connectivity index (χ0n) is 22.6. The van der Waals surface area contributed by atoms with Crippen LogP contribution >= 0.6 is 0 Å². The number of benzene rings is 2. The van der Waals surface area contributed by atoms with Crippen molar-refractivity contribution in [2.24, 2.45) is 0 Å². The number of carbonyl (C=O) groups is 1. The number of aromatic amines is 1. The summed E-state index contributed by atoms with van der Waals surface area (Å²) < 4.78 is 52.2. The van der Waals surface area contributed by atoms with E-state index in [4.69, 9.17) is 9.47 Å². The van der Waals surface area contributed by atoms with Gasteiger partial charge in [0.15, 0.2) is 5.69 Å². The van der Waals surface area contributed by atoms with Crippen LogP contribution in [0, 0.1) is 6.92 Å². The van der Waals surface area contributed by atoms with E-state index in [0.717, 1.165) is 24.5 Å². The monoisotopic (exact) mass is 542 g/mol. The quantitative estimate of drug-likeness (QED) is 0.337. The molecule has 0 unspecified atom stereocenters. The molecular weight excluding hydrogens is 509 g/mol. The molecule has 2 aromatic carbocycles. The van der Waals surface area contributed by atoms with E-state index in [0.29, 0.717) is 24.0 Å². The highest BCUT2D eigenvalue weighted by Gasteiger charge is 2.40. The number of H-pyrrole nitrogens is 1. The summed E-state index contributed by atoms with van der Waals surface area (Å²) in [4.78, 5) is 33.6. The molecule has 0 atom stereocenters. The molecule has 0 bridgehead atoms. The minimum atomic E-state index is -4.48. The van der Waals surface area contributed by atoms with E-state index >= 15 is 0 Å². The SMILES string of the molecule is Cc1cc(C(F)(F)F)cc(C2(Cc3nc(C(=O)OC(C)(C)C)c(OCc4ccccc4)c(=O)[nH]3)CCCC2)c1. The van der Waals surface area contributed by atoms with Gasteiger partial charge >= 0.3 is 12.1 Å². The third kappa shape index (κ3) is 6.88. The summed E-state index contributed by atoms with van der Waals surface area (Å²) in [6.07, 6.45) is -1.39. The van der Waals surface area contributed by atoms with Crippen LogP contribution in [0.25, 0.3) is 0 Å². The van der Waals surface area contributed by atoms with Crippen molar-refractivity contribution in [1.29, 1.82) is 0 Å². The lowest BCUT2D eigenvalue weighted by Crippen LogP contribution is -2.31. The maximum absolute atomic E-state index is 13.6. The highest BCUT2D eigenvalue weighted by molar-refractivity contribution is 5.90. The van der Waals surface area contributed by atoms with E-state index in [1.165, 1.54) is 6.07 Å². The molecular formula is C30H33F3N2O4. The topological polar surface area (TPSA) is 81.3 Å². The molecule has 0 saturated heterocycles. The average molecular weight is 543 g/mol. The molecule has 0 amide bonds. The normalized spacial score (nSPS) is 15.3. The molecule has 1 heterocycles. The lowest BCUT2D eigenvalue weighted by molar-refractivity contribution is -0.137. The Morgan fingerprint density at radius 3 is 2.33 bits per heavy atom. The van der Waals surface area contributed by atoms with Crippen molar-refractivity contribution >= 4 is 5.97 Å². The maximum Gasteiger partial charge on any atom is 0.416 e. The summed E-state index contributed by atoms with van der Waals surface area (Å²) in [6.45, 7) is 6.78. The summed E-state index contributed by atoms with van der Waals surface area (Å²) in [6, 6.07) is 13.3. The van der Waals surface area contributed by atoms with Crippen molar-refractivity contribution in [3.05, 3.63) is 92.7 Å². The van der Waals surface area contributed by atoms with Crippen molar-refractivity contribution in [2.75, 3.05) is 0 Å². The standard InChI is InChI=1S/C30H33F3N2O4/c1-19-14-21(16-22(15-19)30(31,32)33)29(12-8-9-13-29)17-23-34-24(27(37)39-28(2,3)4)25(26(36)35-23)38-18-20-10-6-5-7-11-20/h5-7,10-11,14-16H,8-9,12-13,17-18H2,1-4H3,(H,34,35,36). The van der Waals surface area contributed by atoms with E-state index in [1.54, 1.807) is 33.8 Å². The molecule has 1 aliphatic rings. The Morgan fingerprint density at radius 1 is 1.05 bits per heavy atom. The van der Waals surface area contributed by atoms with Crippen LogP contribution in [0.3, 0.4) is 0 Å². The molecule has 1 fully saturated rings. The third-order valence-corrected chi connectivity index (χ3v) is 6.83. The Morgan fingerprint density at radius 2 is 1.72 bits per heavy atom. The molecule has 39 heavy (non-hydrogen) atoms. The Balaban J connectivity index is 1.75. The average Bonchev–Trinajstić information content (AvgIpc) is 3.31. The van der Waals surface area contributed by atoms with Gasteiger partial charge in [0.1, 0.15) is 18.0 Å². The Bertz CT molecular complexity index is 1390. The van der Waals surface area contributed by atoms with E-state index in [9.17, 15) is 22.8 Å². The van der Waals surface area contributed by atoms with Crippen LogP contribution in [0.1, 0.15) is 85.0 Å². The first kappa shape index (κ1) is 28.4. The number of nitrogens with one attached hydrogen (secondary N) is 1. The smallest absolute Gasteiger partial charge is 0.416 e. The number of ether oxygens (including phenoxy) is 2. The first-order chi connectivity index (χ1) is 18.3. The predicted molar refractivity (Wildman–Crippen MR) is 141 cm³/mol. The summed E-state index contributed by atoms with van der Waals surface area (Å²) in [5.41, 5.74) is -1.27. The van der Waals surface area contributed by atoms with Gasteiger partial charge in [-0.05, 0) is 63.8 Å². The fraction of sp³-hybridized carbons (Fsp3) is 0.433. The van der Waals surface area contributed by atoms with Crippen molar-refractivity contribution < 1.29 is 27.4 Å². The molecule has 1 saturated carbocycles. The van der Waals surface area contributed by atoms with Gasteiger partial charge in [0.25, 0.3) is 5.56 Å². The number of aryl methyl sites for hydroxylation is 1. The van der Waals surface area contributed by atoms with Gasteiger partial charge in [0, 0.05) is 11.8 Å². The molecule has 0 spiro atoms. The van der Waals surface area contributed by atoms with Crippen LogP contribution < -0.4 is 10.3 Å². The van der Waals surface area contributed by atoms with Crippen molar-refractivity contribution in [1.82, 2.24) is 9.97 Å². The number of esters is 1. The first-order valence-corrected chi connectivity index (χ1v) is 13.0. The minimum Gasteiger partial charge on any atom is -0.481 e. The highest BCUT2D eigenvalue weighted by atomic mass is 19.4. The Kier molecular flexibility index (Phi) is 7.91. The van der Waals surface area contributed by atoms with Crippen LogP contribution in [0.15, 0.2) is 53.3 Å². The summed E-state index contributed by atoms with van der Waals surface area (Å²) >= 11 is 0. The van der Waals surface area contributed by atoms with Gasteiger partial charge in [-0.25, -0.2) is 9.78 Å². The fourth-order valence-electron chi connectivity index (χ4n) is 5.11. The number of halogens is 3. The van der Waals surface area contributed by atoms with Crippen LogP contribution in [0.4, 0.5) is 13.2 Å². The molecule has 1 N–H and O–H groups in total. The second-order valence-corrected chi connectivity index (χ2v) is 11.2. The summed E-state index contributed by atoms with van der Waals surface area (Å²) in [5.74, 6) is -0.870. The van der Waals surface area contributed by atoms with Gasteiger partial charge in [0.05, 0.1) is 5.56 Å². The second kappa shape index (κ2) is 10.9. The number of hydrogen-bond donors (Lipinski definition) is 1. The minimum absolute atomic E-state index is 0.0359. The molecule has 0 aliphatic heterocycles. The van der Waals surface area contributed by atoms with Gasteiger partial charge in [-0.15, -0.1) is 0 Å². The molecule has 0 radical (unpaired) electrons. The van der Waals surface area contributed by atoms with Crippen LogP contribution in [0.5, 0.6) is 5.75 Å². The zero-order chi connectivity index (χ0) is 28.4. The molecule has 6 nitrogen and oxygen atoms in total. The van der Waals surface area contributed by atoms with Crippen LogP contribution in [-0.2, 0) is 29.4 Å². The van der Waals surface area contributed by atoms with Gasteiger partial charge in [0.2, 0.25) is 5.75 Å². The van der Waals surface area contributed by atoms with Crippen molar-refractivity contribution in [3.8, 4) is 5.75 Å². The molecule has 9 heteroatoms. The summed E-state index contributed by atoms with van der Waals surface area (Å²) in [7, 11) is 0. The Labute approximate surface area is 225 Å². The lowest BCUT2D eigenvalue weighted by atomic mass is 9.75. The number of hydrogen-bond acceptors (Lipinski definition) is 5. The third-order valence-electron chi connectivity index (χ3n) is 6.83. The molecule has 1 aliphatic carbocycles. The van der Waals surface area contributed by atoms with Gasteiger partial charge in [-0.3, -0.25) is 4.79 Å². The fourth-order valence-corrected chi connectivity index (χ4v) is 5.11. The van der Waals surface area contributed by atoms with Crippen molar-refractivity contribution in [2.45, 2.75) is 83.6 Å². The van der Waals surface area contributed by atoms with Gasteiger partial charge < -0.3 is 14.5 Å². The number of rotatable bonds is 7. The van der Waals surface area contributed by atoms with Crippen LogP contribution in [-0.4, -0.2) is 21.5 Å². The first-order valence-electron chi connectivity index (χ1n) is 13.0. The van der Waals surface area contributed by atoms with E-state index in [2.05, 4.69) is 9.97 Å². The maximum atomic E-state index is 13.6. The number of aromatic nitrogens is 2. The van der Waals surface area contributed by atoms with E-state index < -0.39 is 34.3 Å². The molecule has 208 valence electrons. The zero-order valence-corrected chi connectivity index (χ0v) is 22.6. The second-order valence-electron chi connectivity index (χ2n) is 11.2. The Hall–Kier alpha value is -3.62. The largest absolute Gasteiger partial charge is 0.481 e. The van der Waals surface area contributed by atoms with E-state index in [-0.39, 0.29) is 30.3 Å².